The van der Waals surface area contributed by atoms with Crippen molar-refractivity contribution in [3.63, 3.8) is 0 Å². The van der Waals surface area contributed by atoms with Gasteiger partial charge in [0.05, 0.1) is 6.61 Å². The Kier molecular flexibility index (Phi) is 2.85. The average molecular weight is 191 g/mol. The maximum Gasteiger partial charge on any atom is 0.0584 e. The Morgan fingerprint density at radius 1 is 1.36 bits per heavy atom. The van der Waals surface area contributed by atoms with Crippen molar-refractivity contribution in [1.29, 1.82) is 0 Å². The zero-order valence-corrected chi connectivity index (χ0v) is 8.56. The van der Waals surface area contributed by atoms with Crippen LogP contribution >= 0.6 is 0 Å². The number of nitrogens with zero attached hydrogens (tertiary/aromatic N) is 1. The molecule has 1 fully saturated rings. The lowest BCUT2D eigenvalue weighted by Gasteiger charge is -2.42. The molecule has 0 saturated carbocycles. The molecule has 2 rings (SSSR count). The number of rotatable bonds is 3. The molecule has 1 heterocycles. The third-order valence-electron chi connectivity index (χ3n) is 3.07. The van der Waals surface area contributed by atoms with E-state index in [-0.39, 0.29) is 6.61 Å². The summed E-state index contributed by atoms with van der Waals surface area (Å²) in [7, 11) is 0. The van der Waals surface area contributed by atoms with Gasteiger partial charge in [0.1, 0.15) is 0 Å². The van der Waals surface area contributed by atoms with Gasteiger partial charge in [-0.2, -0.15) is 0 Å². The fourth-order valence-corrected chi connectivity index (χ4v) is 1.92. The van der Waals surface area contributed by atoms with Gasteiger partial charge in [-0.05, 0) is 12.5 Å². The minimum absolute atomic E-state index is 0.265. The molecule has 0 unspecified atom stereocenters. The predicted molar refractivity (Wildman–Crippen MR) is 57.3 cm³/mol. The van der Waals surface area contributed by atoms with Crippen molar-refractivity contribution in [2.45, 2.75) is 18.9 Å². The lowest BCUT2D eigenvalue weighted by molar-refractivity contribution is 0.0630. The van der Waals surface area contributed by atoms with Gasteiger partial charge in [-0.1, -0.05) is 30.3 Å². The summed E-state index contributed by atoms with van der Waals surface area (Å²) in [6.45, 7) is 4.51. The second-order valence-corrected chi connectivity index (χ2v) is 4.09. The van der Waals surface area contributed by atoms with Crippen LogP contribution in [0.5, 0.6) is 0 Å². The molecule has 0 aliphatic carbocycles. The first-order valence-corrected chi connectivity index (χ1v) is 5.21. The third-order valence-corrected chi connectivity index (χ3v) is 3.07. The van der Waals surface area contributed by atoms with Gasteiger partial charge in [0.2, 0.25) is 0 Å². The quantitative estimate of drug-likeness (QED) is 0.782. The summed E-state index contributed by atoms with van der Waals surface area (Å²) in [6, 6.07) is 10.9. The van der Waals surface area contributed by atoms with Gasteiger partial charge < -0.3 is 5.11 Å². The van der Waals surface area contributed by atoms with Gasteiger partial charge >= 0.3 is 0 Å². The van der Waals surface area contributed by atoms with E-state index < -0.39 is 0 Å². The van der Waals surface area contributed by atoms with Crippen molar-refractivity contribution >= 4 is 0 Å². The van der Waals surface area contributed by atoms with E-state index >= 15 is 0 Å². The Morgan fingerprint density at radius 2 is 2.00 bits per heavy atom. The number of likely N-dealkylation sites (tertiary alicyclic amines) is 1. The minimum atomic E-state index is 0.265. The minimum Gasteiger partial charge on any atom is -0.395 e. The first-order chi connectivity index (χ1) is 6.81. The van der Waals surface area contributed by atoms with Crippen LogP contribution in [0.2, 0.25) is 0 Å². The summed E-state index contributed by atoms with van der Waals surface area (Å²) in [5.41, 5.74) is 1.42. The molecular formula is C12H17NO. The summed E-state index contributed by atoms with van der Waals surface area (Å²) in [4.78, 5) is 2.32. The highest BCUT2D eigenvalue weighted by Gasteiger charge is 2.30. The zero-order chi connectivity index (χ0) is 9.97. The molecule has 1 atom stereocenters. The average Bonchev–Trinajstić information content (AvgIpc) is 2.17. The Hall–Kier alpha value is -0.860. The normalized spacial score (nSPS) is 20.4. The van der Waals surface area contributed by atoms with Crippen LogP contribution in [0, 0.1) is 0 Å². The van der Waals surface area contributed by atoms with Crippen molar-refractivity contribution < 1.29 is 5.11 Å². The molecule has 1 saturated heterocycles. The van der Waals surface area contributed by atoms with E-state index in [1.165, 1.54) is 5.56 Å². The number of hydrogen-bond acceptors (Lipinski definition) is 2. The van der Waals surface area contributed by atoms with E-state index in [4.69, 9.17) is 5.11 Å². The molecule has 1 aliphatic rings. The van der Waals surface area contributed by atoms with Crippen molar-refractivity contribution in [3.05, 3.63) is 35.9 Å². The standard InChI is InChI=1S/C12H17NO/c1-10(9-14)13-7-12(8-13)11-5-3-2-4-6-11/h2-6,10,12,14H,7-9H2,1H3/t10-/m0/s1. The second-order valence-electron chi connectivity index (χ2n) is 4.09. The first kappa shape index (κ1) is 9.69. The summed E-state index contributed by atoms with van der Waals surface area (Å²) < 4.78 is 0. The summed E-state index contributed by atoms with van der Waals surface area (Å²) in [6.07, 6.45) is 0. The van der Waals surface area contributed by atoms with Gasteiger partial charge in [-0.15, -0.1) is 0 Å². The predicted octanol–water partition coefficient (Wildman–Crippen LogP) is 1.47. The Bertz CT molecular complexity index is 280. The lowest BCUT2D eigenvalue weighted by atomic mass is 9.90. The Labute approximate surface area is 85.2 Å². The van der Waals surface area contributed by atoms with E-state index in [1.807, 2.05) is 0 Å². The molecular weight excluding hydrogens is 174 g/mol. The molecule has 0 aromatic heterocycles. The smallest absolute Gasteiger partial charge is 0.0584 e. The van der Waals surface area contributed by atoms with Gasteiger partial charge in [-0.3, -0.25) is 4.90 Å². The Morgan fingerprint density at radius 3 is 2.57 bits per heavy atom. The Balaban J connectivity index is 1.89. The van der Waals surface area contributed by atoms with Crippen LogP contribution in [0.1, 0.15) is 18.4 Å². The van der Waals surface area contributed by atoms with Crippen molar-refractivity contribution in [2.75, 3.05) is 19.7 Å². The van der Waals surface area contributed by atoms with Crippen LogP contribution in [0.15, 0.2) is 30.3 Å². The topological polar surface area (TPSA) is 23.5 Å². The molecule has 0 spiro atoms. The molecule has 76 valence electrons. The third kappa shape index (κ3) is 1.81. The maximum absolute atomic E-state index is 8.99. The fraction of sp³-hybridized carbons (Fsp3) is 0.500. The van der Waals surface area contributed by atoms with Gasteiger partial charge in [0.15, 0.2) is 0 Å². The van der Waals surface area contributed by atoms with Crippen LogP contribution in [-0.4, -0.2) is 35.7 Å². The van der Waals surface area contributed by atoms with Crippen LogP contribution in [-0.2, 0) is 0 Å². The molecule has 1 aromatic rings. The van der Waals surface area contributed by atoms with E-state index in [2.05, 4.69) is 42.2 Å². The van der Waals surface area contributed by atoms with Crippen LogP contribution in [0.4, 0.5) is 0 Å². The number of hydrogen-bond donors (Lipinski definition) is 1. The number of aliphatic hydroxyl groups is 1. The number of benzene rings is 1. The second kappa shape index (κ2) is 4.11. The largest absolute Gasteiger partial charge is 0.395 e. The van der Waals surface area contributed by atoms with Crippen LogP contribution in [0.25, 0.3) is 0 Å². The van der Waals surface area contributed by atoms with Crippen molar-refractivity contribution in [3.8, 4) is 0 Å². The van der Waals surface area contributed by atoms with Crippen molar-refractivity contribution in [2.24, 2.45) is 0 Å². The summed E-state index contributed by atoms with van der Waals surface area (Å²) in [5, 5.41) is 8.99. The molecule has 0 radical (unpaired) electrons. The molecule has 1 aromatic carbocycles. The molecule has 2 nitrogen and oxygen atoms in total. The highest BCUT2D eigenvalue weighted by atomic mass is 16.3. The summed E-state index contributed by atoms with van der Waals surface area (Å²) in [5.74, 6) is 0.671. The lowest BCUT2D eigenvalue weighted by Crippen LogP contribution is -2.50. The summed E-state index contributed by atoms with van der Waals surface area (Å²) >= 11 is 0. The molecule has 1 N–H and O–H groups in total. The molecule has 14 heavy (non-hydrogen) atoms. The van der Waals surface area contributed by atoms with E-state index in [0.717, 1.165) is 13.1 Å². The van der Waals surface area contributed by atoms with Gasteiger partial charge in [0, 0.05) is 25.0 Å². The molecule has 0 bridgehead atoms. The highest BCUT2D eigenvalue weighted by molar-refractivity contribution is 5.22. The van der Waals surface area contributed by atoms with E-state index in [1.54, 1.807) is 0 Å². The fourth-order valence-electron chi connectivity index (χ4n) is 1.92. The first-order valence-electron chi connectivity index (χ1n) is 5.21. The monoisotopic (exact) mass is 191 g/mol. The van der Waals surface area contributed by atoms with E-state index in [0.29, 0.717) is 12.0 Å². The van der Waals surface area contributed by atoms with Gasteiger partial charge in [0.25, 0.3) is 0 Å². The SMILES string of the molecule is C[C@@H](CO)N1CC(c2ccccc2)C1. The van der Waals surface area contributed by atoms with Crippen molar-refractivity contribution in [1.82, 2.24) is 4.90 Å². The van der Waals surface area contributed by atoms with Gasteiger partial charge in [-0.25, -0.2) is 0 Å². The van der Waals surface area contributed by atoms with Crippen LogP contribution in [0.3, 0.4) is 0 Å². The molecule has 1 aliphatic heterocycles. The van der Waals surface area contributed by atoms with E-state index in [9.17, 15) is 0 Å². The molecule has 2 heteroatoms. The molecule has 0 amide bonds. The highest BCUT2D eigenvalue weighted by Crippen LogP contribution is 2.27. The van der Waals surface area contributed by atoms with Crippen LogP contribution < -0.4 is 0 Å². The maximum atomic E-state index is 8.99. The zero-order valence-electron chi connectivity index (χ0n) is 8.56. The number of aliphatic hydroxyl groups excluding tert-OH is 1.